The van der Waals surface area contributed by atoms with Crippen LogP contribution in [0, 0.1) is 11.3 Å². The van der Waals surface area contributed by atoms with E-state index >= 15 is 0 Å². The maximum atomic E-state index is 12.4. The Morgan fingerprint density at radius 2 is 1.86 bits per heavy atom. The molecule has 0 aliphatic heterocycles. The highest BCUT2D eigenvalue weighted by Crippen LogP contribution is 2.28. The van der Waals surface area contributed by atoms with Crippen LogP contribution in [0.2, 0.25) is 0 Å². The van der Waals surface area contributed by atoms with Crippen molar-refractivity contribution in [3.63, 3.8) is 0 Å². The molecule has 0 spiro atoms. The molecule has 0 radical (unpaired) electrons. The van der Waals surface area contributed by atoms with Gasteiger partial charge < -0.3 is 14.3 Å². The second-order valence-corrected chi connectivity index (χ2v) is 6.12. The fourth-order valence-corrected chi connectivity index (χ4v) is 2.84. The summed E-state index contributed by atoms with van der Waals surface area (Å²) in [6.45, 7) is -0.533. The summed E-state index contributed by atoms with van der Waals surface area (Å²) in [5, 5.41) is 19.9. The standard InChI is InChI=1S/C19H14F2N6O/c1-27-10-24-15-7-12(3-5-16(15)27)19-26-25-18(28-19)11-2-4-14(13(6-11)8-22)23-9-17(20)21/h2-7,10,17,23H,9H2,1H3. The lowest BCUT2D eigenvalue weighted by molar-refractivity contribution is 0.163. The molecule has 140 valence electrons. The summed E-state index contributed by atoms with van der Waals surface area (Å²) in [4.78, 5) is 4.31. The van der Waals surface area contributed by atoms with Crippen LogP contribution in [-0.2, 0) is 7.05 Å². The first kappa shape index (κ1) is 17.6. The number of nitriles is 1. The normalized spacial score (nSPS) is 11.1. The first-order valence-corrected chi connectivity index (χ1v) is 8.36. The van der Waals surface area contributed by atoms with Crippen LogP contribution in [0.1, 0.15) is 5.56 Å². The number of rotatable bonds is 5. The molecular formula is C19H14F2N6O. The Morgan fingerprint density at radius 3 is 2.57 bits per heavy atom. The SMILES string of the molecule is Cn1cnc2cc(-c3nnc(-c4ccc(NCC(F)F)c(C#N)c4)o3)ccc21. The number of hydrogen-bond acceptors (Lipinski definition) is 6. The van der Waals surface area contributed by atoms with Gasteiger partial charge in [-0.2, -0.15) is 5.26 Å². The molecule has 2 aromatic heterocycles. The van der Waals surface area contributed by atoms with Gasteiger partial charge in [0.1, 0.15) is 6.07 Å². The predicted molar refractivity (Wildman–Crippen MR) is 98.7 cm³/mol. The van der Waals surface area contributed by atoms with Crippen molar-refractivity contribution in [2.75, 3.05) is 11.9 Å². The largest absolute Gasteiger partial charge is 0.416 e. The molecule has 28 heavy (non-hydrogen) atoms. The molecule has 0 aliphatic carbocycles. The van der Waals surface area contributed by atoms with Gasteiger partial charge in [0.05, 0.1) is 35.2 Å². The van der Waals surface area contributed by atoms with Crippen molar-refractivity contribution in [1.29, 1.82) is 5.26 Å². The number of nitrogens with one attached hydrogen (secondary N) is 1. The van der Waals surface area contributed by atoms with E-state index in [4.69, 9.17) is 4.42 Å². The molecule has 0 saturated heterocycles. The first-order chi connectivity index (χ1) is 13.5. The molecule has 9 heteroatoms. The van der Waals surface area contributed by atoms with E-state index < -0.39 is 13.0 Å². The molecule has 0 unspecified atom stereocenters. The van der Waals surface area contributed by atoms with E-state index in [0.717, 1.165) is 16.6 Å². The Balaban J connectivity index is 1.64. The average Bonchev–Trinajstić information content (AvgIpc) is 3.33. The zero-order valence-electron chi connectivity index (χ0n) is 14.7. The van der Waals surface area contributed by atoms with Crippen LogP contribution >= 0.6 is 0 Å². The monoisotopic (exact) mass is 380 g/mol. The number of aromatic nitrogens is 4. The third kappa shape index (κ3) is 3.27. The van der Waals surface area contributed by atoms with Gasteiger partial charge in [0, 0.05) is 18.2 Å². The molecule has 0 saturated carbocycles. The summed E-state index contributed by atoms with van der Waals surface area (Å²) in [6.07, 6.45) is -0.790. The van der Waals surface area contributed by atoms with Gasteiger partial charge in [0.15, 0.2) is 0 Å². The van der Waals surface area contributed by atoms with Gasteiger partial charge >= 0.3 is 0 Å². The predicted octanol–water partition coefficient (Wildman–Crippen LogP) is 3.84. The van der Waals surface area contributed by atoms with Crippen molar-refractivity contribution >= 4 is 16.7 Å². The Morgan fingerprint density at radius 1 is 1.14 bits per heavy atom. The molecular weight excluding hydrogens is 366 g/mol. The van der Waals surface area contributed by atoms with Gasteiger partial charge in [0.25, 0.3) is 6.43 Å². The van der Waals surface area contributed by atoms with Gasteiger partial charge in [-0.3, -0.25) is 0 Å². The lowest BCUT2D eigenvalue weighted by Crippen LogP contribution is -2.11. The molecule has 0 fully saturated rings. The van der Waals surface area contributed by atoms with E-state index in [0.29, 0.717) is 17.1 Å². The van der Waals surface area contributed by atoms with Crippen LogP contribution in [0.15, 0.2) is 47.1 Å². The Bertz CT molecular complexity index is 1190. The number of hydrogen-bond donors (Lipinski definition) is 1. The number of fused-ring (bicyclic) bond motifs is 1. The van der Waals surface area contributed by atoms with Crippen molar-refractivity contribution in [2.45, 2.75) is 6.43 Å². The Hall–Kier alpha value is -3.80. The summed E-state index contributed by atoms with van der Waals surface area (Å²) in [7, 11) is 1.91. The van der Waals surface area contributed by atoms with Crippen LogP contribution < -0.4 is 5.32 Å². The second kappa shape index (κ2) is 7.08. The number of alkyl halides is 2. The van der Waals surface area contributed by atoms with Crippen LogP contribution in [0.25, 0.3) is 33.9 Å². The van der Waals surface area contributed by atoms with Crippen molar-refractivity contribution < 1.29 is 13.2 Å². The van der Waals surface area contributed by atoms with Gasteiger partial charge in [-0.05, 0) is 36.4 Å². The molecule has 1 N–H and O–H groups in total. The maximum absolute atomic E-state index is 12.4. The highest BCUT2D eigenvalue weighted by atomic mass is 19.3. The smallest absolute Gasteiger partial charge is 0.255 e. The van der Waals surface area contributed by atoms with Crippen molar-refractivity contribution in [3.8, 4) is 29.0 Å². The van der Waals surface area contributed by atoms with E-state index in [2.05, 4.69) is 20.5 Å². The fraction of sp³-hybridized carbons (Fsp3) is 0.158. The van der Waals surface area contributed by atoms with Crippen molar-refractivity contribution in [3.05, 3.63) is 48.3 Å². The number of imidazole rings is 1. The minimum Gasteiger partial charge on any atom is -0.416 e. The number of nitrogens with zero attached hydrogens (tertiary/aromatic N) is 5. The summed E-state index contributed by atoms with van der Waals surface area (Å²) in [5.41, 5.74) is 3.58. The molecule has 7 nitrogen and oxygen atoms in total. The molecule has 4 aromatic rings. The molecule has 0 bridgehead atoms. The fourth-order valence-electron chi connectivity index (χ4n) is 2.84. The van der Waals surface area contributed by atoms with Gasteiger partial charge in [-0.25, -0.2) is 13.8 Å². The minimum atomic E-state index is -2.51. The zero-order chi connectivity index (χ0) is 19.7. The van der Waals surface area contributed by atoms with Crippen molar-refractivity contribution in [2.24, 2.45) is 7.05 Å². The van der Waals surface area contributed by atoms with E-state index in [9.17, 15) is 14.0 Å². The van der Waals surface area contributed by atoms with Crippen LogP contribution in [0.5, 0.6) is 0 Å². The third-order valence-electron chi connectivity index (χ3n) is 4.23. The summed E-state index contributed by atoms with van der Waals surface area (Å²) < 4.78 is 32.4. The van der Waals surface area contributed by atoms with E-state index in [1.807, 2.05) is 35.9 Å². The topological polar surface area (TPSA) is 92.6 Å². The molecule has 2 aromatic carbocycles. The molecule has 2 heterocycles. The third-order valence-corrected chi connectivity index (χ3v) is 4.23. The van der Waals surface area contributed by atoms with Gasteiger partial charge in [0.2, 0.25) is 11.8 Å². The lowest BCUT2D eigenvalue weighted by atomic mass is 10.1. The number of halogens is 2. The number of anilines is 1. The lowest BCUT2D eigenvalue weighted by Gasteiger charge is -2.08. The van der Waals surface area contributed by atoms with Crippen molar-refractivity contribution in [1.82, 2.24) is 19.7 Å². The molecule has 0 amide bonds. The second-order valence-electron chi connectivity index (χ2n) is 6.12. The van der Waals surface area contributed by atoms with Crippen LogP contribution in [-0.4, -0.2) is 32.7 Å². The zero-order valence-corrected chi connectivity index (χ0v) is 14.7. The maximum Gasteiger partial charge on any atom is 0.255 e. The van der Waals surface area contributed by atoms with Gasteiger partial charge in [-0.15, -0.1) is 10.2 Å². The highest BCUT2D eigenvalue weighted by Gasteiger charge is 2.14. The number of aryl methyl sites for hydroxylation is 1. The quantitative estimate of drug-likeness (QED) is 0.566. The molecule has 0 aliphatic rings. The summed E-state index contributed by atoms with van der Waals surface area (Å²) >= 11 is 0. The van der Waals surface area contributed by atoms with Crippen LogP contribution in [0.4, 0.5) is 14.5 Å². The molecule has 4 rings (SSSR count). The highest BCUT2D eigenvalue weighted by molar-refractivity contribution is 5.80. The first-order valence-electron chi connectivity index (χ1n) is 8.36. The van der Waals surface area contributed by atoms with E-state index in [1.165, 1.54) is 6.07 Å². The minimum absolute atomic E-state index is 0.216. The Labute approximate surface area is 158 Å². The Kier molecular flexibility index (Phi) is 4.45. The van der Waals surface area contributed by atoms with Gasteiger partial charge in [-0.1, -0.05) is 0 Å². The average molecular weight is 380 g/mol. The molecule has 0 atom stereocenters. The van der Waals surface area contributed by atoms with E-state index in [1.54, 1.807) is 18.5 Å². The summed E-state index contributed by atoms with van der Waals surface area (Å²) in [6, 6.07) is 12.3. The van der Waals surface area contributed by atoms with E-state index in [-0.39, 0.29) is 11.5 Å². The summed E-state index contributed by atoms with van der Waals surface area (Å²) in [5.74, 6) is 0.550. The van der Waals surface area contributed by atoms with Crippen LogP contribution in [0.3, 0.4) is 0 Å². The number of benzene rings is 2.